The van der Waals surface area contributed by atoms with Crippen LogP contribution in [0.1, 0.15) is 0 Å². The van der Waals surface area contributed by atoms with Gasteiger partial charge in [-0.3, -0.25) is 18.7 Å². The molecule has 0 aliphatic rings. The Morgan fingerprint density at radius 3 is 2.48 bits per heavy atom. The summed E-state index contributed by atoms with van der Waals surface area (Å²) in [7, 11) is 4.48. The third-order valence-electron chi connectivity index (χ3n) is 3.90. The van der Waals surface area contributed by atoms with Crippen LogP contribution in [0.3, 0.4) is 0 Å². The number of hydrogen-bond acceptors (Lipinski definition) is 5. The van der Waals surface area contributed by atoms with E-state index in [2.05, 4.69) is 10.3 Å². The van der Waals surface area contributed by atoms with Gasteiger partial charge in [0.05, 0.1) is 13.4 Å². The fraction of sp³-hybridized carbons (Fsp3) is 0.250. The van der Waals surface area contributed by atoms with Crippen LogP contribution in [-0.4, -0.2) is 31.7 Å². The van der Waals surface area contributed by atoms with Crippen LogP contribution in [0.2, 0.25) is 0 Å². The van der Waals surface area contributed by atoms with Crippen molar-refractivity contribution >= 4 is 22.8 Å². The molecule has 0 fully saturated rings. The van der Waals surface area contributed by atoms with E-state index in [0.29, 0.717) is 11.4 Å². The molecule has 0 saturated carbocycles. The lowest BCUT2D eigenvalue weighted by atomic mass is 10.3. The number of carbonyl (C=O) groups excluding carboxylic acids is 1. The molecule has 1 N–H and O–H groups in total. The molecule has 0 radical (unpaired) electrons. The normalized spacial score (nSPS) is 10.8. The van der Waals surface area contributed by atoms with Crippen molar-refractivity contribution in [1.82, 2.24) is 18.7 Å². The Morgan fingerprint density at radius 2 is 1.84 bits per heavy atom. The van der Waals surface area contributed by atoms with Crippen molar-refractivity contribution in [3.05, 3.63) is 51.4 Å². The topological polar surface area (TPSA) is 100 Å². The highest BCUT2D eigenvalue weighted by atomic mass is 16.5. The molecule has 2 heterocycles. The summed E-state index contributed by atoms with van der Waals surface area (Å²) in [6.45, 7) is -0.101. The third kappa shape index (κ3) is 2.91. The largest absolute Gasteiger partial charge is 0.497 e. The first-order valence-electron chi connectivity index (χ1n) is 7.47. The fourth-order valence-corrected chi connectivity index (χ4v) is 2.55. The molecule has 0 aliphatic heterocycles. The third-order valence-corrected chi connectivity index (χ3v) is 3.90. The van der Waals surface area contributed by atoms with Gasteiger partial charge in [-0.15, -0.1) is 0 Å². The summed E-state index contributed by atoms with van der Waals surface area (Å²) >= 11 is 0. The van der Waals surface area contributed by atoms with Crippen LogP contribution in [0.4, 0.5) is 5.69 Å². The number of benzene rings is 1. The molecule has 2 aromatic heterocycles. The second-order valence-corrected chi connectivity index (χ2v) is 5.53. The molecule has 9 heteroatoms. The Kier molecular flexibility index (Phi) is 4.14. The Morgan fingerprint density at radius 1 is 1.16 bits per heavy atom. The second kappa shape index (κ2) is 6.27. The van der Waals surface area contributed by atoms with Crippen LogP contribution >= 0.6 is 0 Å². The van der Waals surface area contributed by atoms with Crippen LogP contribution < -0.4 is 21.3 Å². The highest BCUT2D eigenvalue weighted by molar-refractivity contribution is 5.91. The zero-order valence-corrected chi connectivity index (χ0v) is 14.0. The number of imidazole rings is 1. The van der Waals surface area contributed by atoms with Gasteiger partial charge in [0.2, 0.25) is 5.91 Å². The lowest BCUT2D eigenvalue weighted by molar-refractivity contribution is -0.116. The fourth-order valence-electron chi connectivity index (χ4n) is 2.55. The van der Waals surface area contributed by atoms with Crippen molar-refractivity contribution < 1.29 is 9.53 Å². The second-order valence-electron chi connectivity index (χ2n) is 5.53. The lowest BCUT2D eigenvalue weighted by Crippen LogP contribution is -2.37. The van der Waals surface area contributed by atoms with Gasteiger partial charge < -0.3 is 14.6 Å². The van der Waals surface area contributed by atoms with Crippen molar-refractivity contribution in [1.29, 1.82) is 0 Å². The first-order chi connectivity index (χ1) is 11.9. The molecule has 0 aliphatic carbocycles. The molecule has 0 unspecified atom stereocenters. The minimum Gasteiger partial charge on any atom is -0.497 e. The number of nitrogens with one attached hydrogen (secondary N) is 1. The molecule has 1 aromatic carbocycles. The van der Waals surface area contributed by atoms with Crippen molar-refractivity contribution in [2.75, 3.05) is 12.4 Å². The standard InChI is InChI=1S/C16H17N5O4/c1-19-14-13(15(23)20(2)16(19)24)21(9-17-14)8-12(22)18-10-4-6-11(25-3)7-5-10/h4-7,9H,8H2,1-3H3,(H,18,22). The average Bonchev–Trinajstić information content (AvgIpc) is 3.02. The Balaban J connectivity index is 1.89. The number of carbonyl (C=O) groups is 1. The molecule has 9 nitrogen and oxygen atoms in total. The lowest BCUT2D eigenvalue weighted by Gasteiger charge is -2.08. The van der Waals surface area contributed by atoms with Crippen LogP contribution in [0.5, 0.6) is 5.75 Å². The molecule has 1 amide bonds. The number of rotatable bonds is 4. The summed E-state index contributed by atoms with van der Waals surface area (Å²) in [4.78, 5) is 40.6. The Bertz CT molecular complexity index is 1060. The number of nitrogens with zero attached hydrogens (tertiary/aromatic N) is 4. The summed E-state index contributed by atoms with van der Waals surface area (Å²) in [5, 5.41) is 2.74. The van der Waals surface area contributed by atoms with Gasteiger partial charge in [0.15, 0.2) is 11.2 Å². The highest BCUT2D eigenvalue weighted by Crippen LogP contribution is 2.15. The highest BCUT2D eigenvalue weighted by Gasteiger charge is 2.16. The van der Waals surface area contributed by atoms with Crippen LogP contribution in [0.15, 0.2) is 40.2 Å². The quantitative estimate of drug-likeness (QED) is 0.723. The van der Waals surface area contributed by atoms with Crippen molar-refractivity contribution in [3.63, 3.8) is 0 Å². The number of amides is 1. The minimum atomic E-state index is -0.493. The molecule has 0 atom stereocenters. The molecule has 3 aromatic rings. The van der Waals surface area contributed by atoms with E-state index < -0.39 is 11.2 Å². The van der Waals surface area contributed by atoms with Gasteiger partial charge in [-0.25, -0.2) is 9.78 Å². The van der Waals surface area contributed by atoms with E-state index in [1.54, 1.807) is 31.4 Å². The SMILES string of the molecule is COc1ccc(NC(=O)Cn2cnc3c2c(=O)n(C)c(=O)n3C)cc1. The molecule has 0 saturated heterocycles. The van der Waals surface area contributed by atoms with E-state index in [0.717, 1.165) is 4.57 Å². The average molecular weight is 343 g/mol. The summed E-state index contributed by atoms with van der Waals surface area (Å²) < 4.78 is 8.75. The number of fused-ring (bicyclic) bond motifs is 1. The molecule has 25 heavy (non-hydrogen) atoms. The number of anilines is 1. The van der Waals surface area contributed by atoms with Crippen molar-refractivity contribution in [2.45, 2.75) is 6.54 Å². The summed E-state index contributed by atoms with van der Waals surface area (Å²) in [6, 6.07) is 6.89. The maximum absolute atomic E-state index is 12.3. The van der Waals surface area contributed by atoms with E-state index in [-0.39, 0.29) is 23.6 Å². The van der Waals surface area contributed by atoms with E-state index >= 15 is 0 Å². The van der Waals surface area contributed by atoms with Gasteiger partial charge in [-0.05, 0) is 24.3 Å². The summed E-state index contributed by atoms with van der Waals surface area (Å²) in [5.74, 6) is 0.364. The first kappa shape index (κ1) is 16.5. The number of methoxy groups -OCH3 is 1. The van der Waals surface area contributed by atoms with Crippen LogP contribution in [0, 0.1) is 0 Å². The van der Waals surface area contributed by atoms with Gasteiger partial charge in [0, 0.05) is 19.8 Å². The Hall–Kier alpha value is -3.36. The summed E-state index contributed by atoms with van der Waals surface area (Å²) in [6.07, 6.45) is 1.37. The Labute approximate surface area is 142 Å². The van der Waals surface area contributed by atoms with Crippen LogP contribution in [0.25, 0.3) is 11.2 Å². The van der Waals surface area contributed by atoms with E-state index in [1.807, 2.05) is 0 Å². The van der Waals surface area contributed by atoms with Crippen molar-refractivity contribution in [2.24, 2.45) is 14.1 Å². The monoisotopic (exact) mass is 343 g/mol. The zero-order chi connectivity index (χ0) is 18.1. The summed E-state index contributed by atoms with van der Waals surface area (Å²) in [5.41, 5.74) is 0.0913. The molecule has 3 rings (SSSR count). The van der Waals surface area contributed by atoms with Gasteiger partial charge in [-0.2, -0.15) is 0 Å². The maximum atomic E-state index is 12.3. The number of hydrogen-bond donors (Lipinski definition) is 1. The van der Waals surface area contributed by atoms with E-state index in [4.69, 9.17) is 4.74 Å². The van der Waals surface area contributed by atoms with Gasteiger partial charge in [-0.1, -0.05) is 0 Å². The predicted molar refractivity (Wildman–Crippen MR) is 91.8 cm³/mol. The van der Waals surface area contributed by atoms with Gasteiger partial charge in [0.25, 0.3) is 5.56 Å². The number of aromatic nitrogens is 4. The predicted octanol–water partition coefficient (Wildman–Crippen LogP) is 0.0810. The van der Waals surface area contributed by atoms with Gasteiger partial charge >= 0.3 is 5.69 Å². The minimum absolute atomic E-state index is 0.101. The maximum Gasteiger partial charge on any atom is 0.332 e. The molecule has 0 spiro atoms. The first-order valence-corrected chi connectivity index (χ1v) is 7.47. The molecule has 0 bridgehead atoms. The molecular weight excluding hydrogens is 326 g/mol. The smallest absolute Gasteiger partial charge is 0.332 e. The molecular formula is C16H17N5O4. The number of aryl methyl sites for hydroxylation is 1. The van der Waals surface area contributed by atoms with Crippen LogP contribution in [-0.2, 0) is 25.4 Å². The van der Waals surface area contributed by atoms with Gasteiger partial charge in [0.1, 0.15) is 12.3 Å². The van der Waals surface area contributed by atoms with E-state index in [1.165, 1.54) is 29.6 Å². The van der Waals surface area contributed by atoms with E-state index in [9.17, 15) is 14.4 Å². The molecule has 130 valence electrons. The zero-order valence-electron chi connectivity index (χ0n) is 14.0. The number of ether oxygens (including phenoxy) is 1. The van der Waals surface area contributed by atoms with Crippen molar-refractivity contribution in [3.8, 4) is 5.75 Å².